The van der Waals surface area contributed by atoms with Crippen molar-refractivity contribution >= 4 is 13.7 Å². The van der Waals surface area contributed by atoms with Gasteiger partial charge in [0.1, 0.15) is 11.5 Å². The SMILES string of the molecule is Cc1c(C(C)(C)C)cc(C(C)(C)C)c2c1Cc1c(C)c(C(C)(C)C)cc(C(C)(C)C)c1OP(c1ccccc1)O2. The Labute approximate surface area is 245 Å². The van der Waals surface area contributed by atoms with Crippen LogP contribution in [0.1, 0.15) is 128 Å². The molecule has 1 heterocycles. The molecule has 3 heteroatoms. The van der Waals surface area contributed by atoms with Crippen molar-refractivity contribution in [3.63, 3.8) is 0 Å². The Morgan fingerprint density at radius 1 is 0.525 bits per heavy atom. The Morgan fingerprint density at radius 2 is 0.875 bits per heavy atom. The molecule has 40 heavy (non-hydrogen) atoms. The molecule has 0 fully saturated rings. The molecule has 0 spiro atoms. The van der Waals surface area contributed by atoms with Crippen molar-refractivity contribution in [2.24, 2.45) is 0 Å². The molecule has 0 unspecified atom stereocenters. The quantitative estimate of drug-likeness (QED) is 0.277. The predicted molar refractivity (Wildman–Crippen MR) is 174 cm³/mol. The number of fused-ring (bicyclic) bond motifs is 2. The van der Waals surface area contributed by atoms with E-state index in [0.29, 0.717) is 0 Å². The van der Waals surface area contributed by atoms with Crippen molar-refractivity contribution in [3.8, 4) is 11.5 Å². The average Bonchev–Trinajstić information content (AvgIpc) is 2.77. The Hall–Kier alpha value is -2.31. The molecular weight excluding hydrogens is 507 g/mol. The highest BCUT2D eigenvalue weighted by Crippen LogP contribution is 2.54. The van der Waals surface area contributed by atoms with Crippen LogP contribution < -0.4 is 14.4 Å². The molecule has 0 N–H and O–H groups in total. The van der Waals surface area contributed by atoms with Gasteiger partial charge in [-0.1, -0.05) is 113 Å². The first-order valence-corrected chi connectivity index (χ1v) is 15.9. The second-order valence-electron chi connectivity index (χ2n) is 15.8. The van der Waals surface area contributed by atoms with Gasteiger partial charge in [0, 0.05) is 28.7 Å². The third kappa shape index (κ3) is 5.85. The molecule has 0 atom stereocenters. The minimum absolute atomic E-state index is 0.0177. The van der Waals surface area contributed by atoms with E-state index in [-0.39, 0.29) is 21.7 Å². The summed E-state index contributed by atoms with van der Waals surface area (Å²) in [6.45, 7) is 32.3. The third-order valence-corrected chi connectivity index (χ3v) is 9.65. The van der Waals surface area contributed by atoms with Gasteiger partial charge in [-0.25, -0.2) is 0 Å². The lowest BCUT2D eigenvalue weighted by Gasteiger charge is -2.37. The lowest BCUT2D eigenvalue weighted by Crippen LogP contribution is -2.25. The average molecular weight is 559 g/mol. The predicted octanol–water partition coefficient (Wildman–Crippen LogP) is 10.5. The molecule has 3 aromatic rings. The fourth-order valence-electron chi connectivity index (χ4n) is 5.95. The van der Waals surface area contributed by atoms with Gasteiger partial charge in [-0.05, 0) is 69.9 Å². The van der Waals surface area contributed by atoms with E-state index in [1.165, 1.54) is 44.5 Å². The van der Waals surface area contributed by atoms with Crippen LogP contribution in [0.4, 0.5) is 0 Å². The molecule has 4 rings (SSSR count). The highest BCUT2D eigenvalue weighted by molar-refractivity contribution is 7.56. The molecule has 0 bridgehead atoms. The van der Waals surface area contributed by atoms with Crippen molar-refractivity contribution in [1.29, 1.82) is 0 Å². The summed E-state index contributed by atoms with van der Waals surface area (Å²) in [4.78, 5) is 0. The zero-order valence-electron chi connectivity index (χ0n) is 27.5. The molecule has 2 nitrogen and oxygen atoms in total. The van der Waals surface area contributed by atoms with Crippen LogP contribution in [0.15, 0.2) is 42.5 Å². The summed E-state index contributed by atoms with van der Waals surface area (Å²) in [7, 11) is -1.41. The molecule has 0 aromatic heterocycles. The van der Waals surface area contributed by atoms with Gasteiger partial charge < -0.3 is 9.05 Å². The Morgan fingerprint density at radius 3 is 1.20 bits per heavy atom. The van der Waals surface area contributed by atoms with Crippen LogP contribution in [-0.2, 0) is 28.1 Å². The van der Waals surface area contributed by atoms with E-state index in [9.17, 15) is 0 Å². The van der Waals surface area contributed by atoms with E-state index >= 15 is 0 Å². The van der Waals surface area contributed by atoms with Gasteiger partial charge in [0.05, 0.1) is 5.30 Å². The Balaban J connectivity index is 2.18. The third-order valence-electron chi connectivity index (χ3n) is 8.23. The topological polar surface area (TPSA) is 18.5 Å². The first kappa shape index (κ1) is 30.6. The summed E-state index contributed by atoms with van der Waals surface area (Å²) < 4.78 is 14.3. The van der Waals surface area contributed by atoms with Crippen LogP contribution >= 0.6 is 8.38 Å². The van der Waals surface area contributed by atoms with Crippen LogP contribution in [0.2, 0.25) is 0 Å². The van der Waals surface area contributed by atoms with Crippen LogP contribution in [0.5, 0.6) is 11.5 Å². The summed E-state index contributed by atoms with van der Waals surface area (Å²) in [5.41, 5.74) is 10.5. The molecule has 0 saturated carbocycles. The van der Waals surface area contributed by atoms with Crippen LogP contribution in [0.25, 0.3) is 0 Å². The number of hydrogen-bond acceptors (Lipinski definition) is 2. The number of hydrogen-bond donors (Lipinski definition) is 0. The van der Waals surface area contributed by atoms with E-state index < -0.39 is 8.38 Å². The van der Waals surface area contributed by atoms with Gasteiger partial charge in [0.15, 0.2) is 0 Å². The number of benzene rings is 3. The number of rotatable bonds is 1. The first-order chi connectivity index (χ1) is 18.2. The molecule has 0 amide bonds. The minimum Gasteiger partial charge on any atom is -0.435 e. The molecule has 3 aromatic carbocycles. The zero-order chi connectivity index (χ0) is 30.0. The fraction of sp³-hybridized carbons (Fsp3) is 0.514. The van der Waals surface area contributed by atoms with Gasteiger partial charge in [-0.15, -0.1) is 0 Å². The highest BCUT2D eigenvalue weighted by atomic mass is 31.2. The van der Waals surface area contributed by atoms with Crippen LogP contribution in [0, 0.1) is 13.8 Å². The maximum Gasteiger partial charge on any atom is 0.326 e. The largest absolute Gasteiger partial charge is 0.435 e. The van der Waals surface area contributed by atoms with Gasteiger partial charge in [0.2, 0.25) is 0 Å². The lowest BCUT2D eigenvalue weighted by molar-refractivity contribution is 0.452. The van der Waals surface area contributed by atoms with Crippen molar-refractivity contribution < 1.29 is 9.05 Å². The van der Waals surface area contributed by atoms with Gasteiger partial charge in [0.25, 0.3) is 0 Å². The molecule has 0 aliphatic carbocycles. The summed E-state index contributed by atoms with van der Waals surface area (Å²) in [5.74, 6) is 2.02. The standard InChI is InChI=1S/C37H51O2P/c1-23-26-20-27-24(2)29(35(6,7)8)22-31(37(12,13)14)33(27)39-40(25-18-16-15-17-19-25)38-32(26)30(36(9,10)11)21-28(23)34(3,4)5/h15-19,21-22H,20H2,1-14H3. The zero-order valence-corrected chi connectivity index (χ0v) is 28.4. The van der Waals surface area contributed by atoms with Gasteiger partial charge >= 0.3 is 8.38 Å². The summed E-state index contributed by atoms with van der Waals surface area (Å²) in [5, 5.41) is 1.09. The minimum atomic E-state index is -1.41. The molecular formula is C37H51O2P. The highest BCUT2D eigenvalue weighted by Gasteiger charge is 2.37. The van der Waals surface area contributed by atoms with Crippen molar-refractivity contribution in [1.82, 2.24) is 0 Å². The Bertz CT molecular complexity index is 1320. The molecule has 1 aliphatic heterocycles. The summed E-state index contributed by atoms with van der Waals surface area (Å²) in [6, 6.07) is 15.3. The van der Waals surface area contributed by atoms with Gasteiger partial charge in [-0.2, -0.15) is 0 Å². The summed E-state index contributed by atoms with van der Waals surface area (Å²) >= 11 is 0. The van der Waals surface area contributed by atoms with Crippen molar-refractivity contribution in [3.05, 3.63) is 87.0 Å². The van der Waals surface area contributed by atoms with E-state index in [1.54, 1.807) is 0 Å². The second kappa shape index (κ2) is 10.2. The lowest BCUT2D eigenvalue weighted by atomic mass is 9.73. The molecule has 0 saturated heterocycles. The maximum absolute atomic E-state index is 7.13. The van der Waals surface area contributed by atoms with Gasteiger partial charge in [-0.3, -0.25) is 0 Å². The van der Waals surface area contributed by atoms with E-state index in [2.05, 4.69) is 139 Å². The van der Waals surface area contributed by atoms with E-state index in [1.807, 2.05) is 0 Å². The fourth-order valence-corrected chi connectivity index (χ4v) is 7.36. The maximum atomic E-state index is 7.13. The smallest absolute Gasteiger partial charge is 0.326 e. The first-order valence-electron chi connectivity index (χ1n) is 14.8. The van der Waals surface area contributed by atoms with E-state index in [0.717, 1.165) is 23.2 Å². The molecule has 0 radical (unpaired) electrons. The van der Waals surface area contributed by atoms with Crippen LogP contribution in [0.3, 0.4) is 0 Å². The van der Waals surface area contributed by atoms with E-state index in [4.69, 9.17) is 9.05 Å². The monoisotopic (exact) mass is 558 g/mol. The molecule has 1 aliphatic rings. The molecule has 216 valence electrons. The van der Waals surface area contributed by atoms with Crippen molar-refractivity contribution in [2.75, 3.05) is 0 Å². The normalized spacial score (nSPS) is 14.9. The Kier molecular flexibility index (Phi) is 7.81. The van der Waals surface area contributed by atoms with Crippen LogP contribution in [-0.4, -0.2) is 0 Å². The summed E-state index contributed by atoms with van der Waals surface area (Å²) in [6.07, 6.45) is 0.792. The second-order valence-corrected chi connectivity index (χ2v) is 17.2. The van der Waals surface area contributed by atoms with Crippen molar-refractivity contribution in [2.45, 2.75) is 125 Å².